The third-order valence-corrected chi connectivity index (χ3v) is 3.03. The van der Waals surface area contributed by atoms with E-state index in [-0.39, 0.29) is 0 Å². The van der Waals surface area contributed by atoms with Gasteiger partial charge in [-0.2, -0.15) is 0 Å². The molecule has 1 heterocycles. The van der Waals surface area contributed by atoms with Gasteiger partial charge in [-0.25, -0.2) is 0 Å². The normalized spacial score (nSPS) is 8.54. The van der Waals surface area contributed by atoms with Gasteiger partial charge in [-0.1, -0.05) is 27.0 Å². The summed E-state index contributed by atoms with van der Waals surface area (Å²) in [5.41, 5.74) is 1.05. The quantitative estimate of drug-likeness (QED) is 0.669. The number of hydrogen-bond donors (Lipinski definition) is 0. The van der Waals surface area contributed by atoms with Crippen LogP contribution < -0.4 is 0 Å². The Labute approximate surface area is 89.0 Å². The van der Waals surface area contributed by atoms with Crippen molar-refractivity contribution in [1.29, 1.82) is 0 Å². The molecule has 0 amide bonds. The van der Waals surface area contributed by atoms with Crippen LogP contribution in [0.25, 0.3) is 12.2 Å². The molecule has 0 bridgehead atoms. The number of hydrogen-bond acceptors (Lipinski definition) is 2. The van der Waals surface area contributed by atoms with E-state index in [1.165, 1.54) is 0 Å². The molecule has 0 atom stereocenters. The van der Waals surface area contributed by atoms with Gasteiger partial charge in [0.1, 0.15) is 0 Å². The van der Waals surface area contributed by atoms with E-state index in [1.807, 2.05) is 25.5 Å². The van der Waals surface area contributed by atoms with Gasteiger partial charge in [0.15, 0.2) is 3.95 Å². The van der Waals surface area contributed by atoms with E-state index >= 15 is 0 Å². The van der Waals surface area contributed by atoms with Gasteiger partial charge in [0.05, 0.1) is 10.6 Å². The lowest BCUT2D eigenvalue weighted by atomic mass is 10.3. The molecule has 0 aromatic carbocycles. The van der Waals surface area contributed by atoms with E-state index in [0.29, 0.717) is 0 Å². The Kier molecular flexibility index (Phi) is 5.58. The van der Waals surface area contributed by atoms with Crippen molar-refractivity contribution in [3.8, 4) is 0 Å². The Bertz CT molecular complexity index is 344. The Balaban J connectivity index is 0.000000671. The maximum absolute atomic E-state index is 5.08. The minimum absolute atomic E-state index is 0.856. The van der Waals surface area contributed by atoms with Crippen LogP contribution in [-0.2, 0) is 7.05 Å². The lowest BCUT2D eigenvalue weighted by molar-refractivity contribution is 0.906. The van der Waals surface area contributed by atoms with Crippen molar-refractivity contribution < 1.29 is 0 Å². The van der Waals surface area contributed by atoms with Crippen LogP contribution >= 0.6 is 23.6 Å². The van der Waals surface area contributed by atoms with Gasteiger partial charge in [0.2, 0.25) is 0 Å². The van der Waals surface area contributed by atoms with Crippen molar-refractivity contribution in [1.82, 2.24) is 4.57 Å². The molecule has 0 fully saturated rings. The molecule has 0 radical (unpaired) electrons. The minimum Gasteiger partial charge on any atom is -0.326 e. The van der Waals surface area contributed by atoms with Crippen molar-refractivity contribution in [3.63, 3.8) is 0 Å². The molecular weight excluding hydrogens is 198 g/mol. The average molecular weight is 213 g/mol. The third-order valence-electron chi connectivity index (χ3n) is 1.46. The number of thiazole rings is 1. The summed E-state index contributed by atoms with van der Waals surface area (Å²) in [5, 5.41) is 0. The molecule has 0 aliphatic heterocycles. The van der Waals surface area contributed by atoms with Crippen molar-refractivity contribution in [2.24, 2.45) is 7.05 Å². The van der Waals surface area contributed by atoms with Crippen molar-refractivity contribution in [3.05, 3.63) is 27.7 Å². The first-order valence-electron chi connectivity index (χ1n) is 4.15. The first kappa shape index (κ1) is 12.3. The molecule has 1 nitrogen and oxygen atoms in total. The summed E-state index contributed by atoms with van der Waals surface area (Å²) < 4.78 is 2.79. The van der Waals surface area contributed by atoms with Crippen molar-refractivity contribution in [2.75, 3.05) is 0 Å². The van der Waals surface area contributed by atoms with Crippen LogP contribution in [-0.4, -0.2) is 4.57 Å². The molecule has 3 heteroatoms. The van der Waals surface area contributed by atoms with Crippen LogP contribution in [0.1, 0.15) is 24.4 Å². The lowest BCUT2D eigenvalue weighted by Crippen LogP contribution is -1.89. The van der Waals surface area contributed by atoms with Crippen molar-refractivity contribution in [2.45, 2.75) is 13.8 Å². The first-order valence-corrected chi connectivity index (χ1v) is 5.38. The minimum atomic E-state index is 0.856. The van der Waals surface area contributed by atoms with E-state index in [1.54, 1.807) is 23.5 Å². The molecule has 0 spiro atoms. The SMILES string of the molecule is C=Cc1sc(=S)n(C)c1C=C.CC. The molecule has 0 aliphatic carbocycles. The van der Waals surface area contributed by atoms with Gasteiger partial charge >= 0.3 is 0 Å². The van der Waals surface area contributed by atoms with Gasteiger partial charge in [-0.15, -0.1) is 11.3 Å². The summed E-state index contributed by atoms with van der Waals surface area (Å²) in [7, 11) is 1.93. The van der Waals surface area contributed by atoms with Crippen LogP contribution in [0.15, 0.2) is 13.2 Å². The highest BCUT2D eigenvalue weighted by molar-refractivity contribution is 7.73. The second-order valence-corrected chi connectivity index (χ2v) is 3.76. The van der Waals surface area contributed by atoms with E-state index < -0.39 is 0 Å². The monoisotopic (exact) mass is 213 g/mol. The van der Waals surface area contributed by atoms with Gasteiger partial charge in [-0.05, 0) is 24.4 Å². The Morgan fingerprint density at radius 3 is 2.15 bits per heavy atom. The Hall–Kier alpha value is -0.670. The molecule has 0 saturated carbocycles. The van der Waals surface area contributed by atoms with Crippen LogP contribution in [0, 0.1) is 3.95 Å². The van der Waals surface area contributed by atoms with E-state index in [0.717, 1.165) is 14.5 Å². The van der Waals surface area contributed by atoms with E-state index in [9.17, 15) is 0 Å². The van der Waals surface area contributed by atoms with Crippen LogP contribution in [0.4, 0.5) is 0 Å². The summed E-state index contributed by atoms with van der Waals surface area (Å²) in [5.74, 6) is 0. The molecule has 0 aliphatic rings. The Morgan fingerprint density at radius 2 is 1.85 bits per heavy atom. The van der Waals surface area contributed by atoms with Gasteiger partial charge in [0, 0.05) is 7.05 Å². The van der Waals surface area contributed by atoms with Gasteiger partial charge in [0.25, 0.3) is 0 Å². The summed E-state index contributed by atoms with van der Waals surface area (Å²) in [6, 6.07) is 0. The zero-order valence-corrected chi connectivity index (χ0v) is 9.97. The predicted octanol–water partition coefficient (Wildman–Crippen LogP) is 4.13. The molecule has 0 unspecified atom stereocenters. The fourth-order valence-electron chi connectivity index (χ4n) is 0.862. The Morgan fingerprint density at radius 1 is 1.31 bits per heavy atom. The molecule has 0 N–H and O–H groups in total. The number of aromatic nitrogens is 1. The molecule has 72 valence electrons. The molecule has 13 heavy (non-hydrogen) atoms. The number of nitrogens with zero attached hydrogens (tertiary/aromatic N) is 1. The van der Waals surface area contributed by atoms with Crippen LogP contribution in [0.5, 0.6) is 0 Å². The smallest absolute Gasteiger partial charge is 0.161 e. The van der Waals surface area contributed by atoms with Gasteiger partial charge in [-0.3, -0.25) is 0 Å². The van der Waals surface area contributed by atoms with Crippen LogP contribution in [0.2, 0.25) is 0 Å². The molecule has 1 aromatic rings. The first-order chi connectivity index (χ1) is 6.20. The zero-order valence-electron chi connectivity index (χ0n) is 8.33. The van der Waals surface area contributed by atoms with Gasteiger partial charge < -0.3 is 4.57 Å². The summed E-state index contributed by atoms with van der Waals surface area (Å²) in [6.07, 6.45) is 3.60. The molecular formula is C10H15NS2. The van der Waals surface area contributed by atoms with Crippen molar-refractivity contribution >= 4 is 35.7 Å². The molecule has 1 aromatic heterocycles. The second-order valence-electron chi connectivity index (χ2n) is 2.08. The number of rotatable bonds is 2. The zero-order chi connectivity index (χ0) is 10.4. The second kappa shape index (κ2) is 5.89. The lowest BCUT2D eigenvalue weighted by Gasteiger charge is -1.94. The fourth-order valence-corrected chi connectivity index (χ4v) is 2.06. The topological polar surface area (TPSA) is 4.93 Å². The molecule has 0 saturated heterocycles. The standard InChI is InChI=1S/C8H9NS2.C2H6/c1-4-6-7(5-2)11-8(10)9(6)3;1-2/h4-5H,1-2H2,3H3;1-2H3. The maximum Gasteiger partial charge on any atom is 0.161 e. The summed E-state index contributed by atoms with van der Waals surface area (Å²) in [6.45, 7) is 11.4. The highest BCUT2D eigenvalue weighted by Gasteiger charge is 2.02. The average Bonchev–Trinajstić information content (AvgIpc) is 2.46. The van der Waals surface area contributed by atoms with E-state index in [2.05, 4.69) is 13.2 Å². The summed E-state index contributed by atoms with van der Waals surface area (Å²) in [4.78, 5) is 1.09. The highest BCUT2D eigenvalue weighted by atomic mass is 32.1. The maximum atomic E-state index is 5.08. The molecule has 1 rings (SSSR count). The van der Waals surface area contributed by atoms with E-state index in [4.69, 9.17) is 12.2 Å². The van der Waals surface area contributed by atoms with Crippen LogP contribution in [0.3, 0.4) is 0 Å². The summed E-state index contributed by atoms with van der Waals surface area (Å²) >= 11 is 6.63. The third kappa shape index (κ3) is 2.64. The highest BCUT2D eigenvalue weighted by Crippen LogP contribution is 2.20. The predicted molar refractivity (Wildman–Crippen MR) is 65.7 cm³/mol. The fraction of sp³-hybridized carbons (Fsp3) is 0.300. The largest absolute Gasteiger partial charge is 0.326 e.